The van der Waals surface area contributed by atoms with Crippen LogP contribution in [0.5, 0.6) is 5.75 Å². The van der Waals surface area contributed by atoms with Crippen LogP contribution in [0.2, 0.25) is 0 Å². The number of fused-ring (bicyclic) bond motifs is 1. The fourth-order valence-corrected chi connectivity index (χ4v) is 3.58. The molecule has 1 amide bonds. The van der Waals surface area contributed by atoms with Crippen LogP contribution >= 0.6 is 11.3 Å². The Morgan fingerprint density at radius 3 is 2.69 bits per heavy atom. The molecular weight excluding hydrogens is 398 g/mol. The summed E-state index contributed by atoms with van der Waals surface area (Å²) in [4.78, 5) is 40.8. The van der Waals surface area contributed by atoms with Crippen LogP contribution in [0.3, 0.4) is 0 Å². The highest BCUT2D eigenvalue weighted by molar-refractivity contribution is 7.18. The van der Waals surface area contributed by atoms with Gasteiger partial charge in [0.1, 0.15) is 16.3 Å². The van der Waals surface area contributed by atoms with E-state index in [1.165, 1.54) is 35.5 Å². The van der Waals surface area contributed by atoms with E-state index >= 15 is 0 Å². The summed E-state index contributed by atoms with van der Waals surface area (Å²) in [5.41, 5.74) is 0.456. The number of methoxy groups -OCH3 is 1. The van der Waals surface area contributed by atoms with Crippen molar-refractivity contribution in [3.05, 3.63) is 63.1 Å². The van der Waals surface area contributed by atoms with E-state index in [4.69, 9.17) is 9.47 Å². The van der Waals surface area contributed by atoms with E-state index in [9.17, 15) is 19.7 Å². The van der Waals surface area contributed by atoms with Crippen molar-refractivity contribution in [3.63, 3.8) is 0 Å². The molecule has 3 rings (SSSR count). The van der Waals surface area contributed by atoms with Crippen molar-refractivity contribution in [1.82, 2.24) is 9.88 Å². The third-order valence-corrected chi connectivity index (χ3v) is 5.10. The van der Waals surface area contributed by atoms with Crippen molar-refractivity contribution < 1.29 is 24.0 Å². The number of thiazole rings is 1. The quantitative estimate of drug-likeness (QED) is 0.331. The molecule has 0 N–H and O–H groups in total. The standard InChI is InChI=1S/C19H17N3O6S/c1-21(10-17-20-14-5-3-4-6-16(14)29-17)18(23)11-28-19(24)13-9-12(22(25)26)7-8-15(13)27-2/h3-9H,10-11H2,1-2H3. The SMILES string of the molecule is COc1ccc([N+](=O)[O-])cc1C(=O)OCC(=O)N(C)Cc1nc2ccccc2s1. The molecule has 9 nitrogen and oxygen atoms in total. The molecule has 0 bridgehead atoms. The largest absolute Gasteiger partial charge is 0.496 e. The maximum Gasteiger partial charge on any atom is 0.342 e. The highest BCUT2D eigenvalue weighted by Crippen LogP contribution is 2.25. The molecule has 0 atom stereocenters. The Morgan fingerprint density at radius 1 is 1.24 bits per heavy atom. The fourth-order valence-electron chi connectivity index (χ4n) is 2.56. The number of para-hydroxylation sites is 1. The van der Waals surface area contributed by atoms with Gasteiger partial charge >= 0.3 is 5.97 Å². The number of benzene rings is 2. The number of likely N-dealkylation sites (N-methyl/N-ethyl adjacent to an activating group) is 1. The lowest BCUT2D eigenvalue weighted by atomic mass is 10.2. The molecule has 0 spiro atoms. The van der Waals surface area contributed by atoms with Crippen LogP contribution in [0, 0.1) is 10.1 Å². The zero-order valence-electron chi connectivity index (χ0n) is 15.7. The van der Waals surface area contributed by atoms with Gasteiger partial charge in [-0.25, -0.2) is 9.78 Å². The van der Waals surface area contributed by atoms with Crippen molar-refractivity contribution in [2.75, 3.05) is 20.8 Å². The maximum atomic E-state index is 12.3. The van der Waals surface area contributed by atoms with E-state index in [1.54, 1.807) is 7.05 Å². The Hall–Kier alpha value is -3.53. The summed E-state index contributed by atoms with van der Waals surface area (Å²) < 4.78 is 11.1. The summed E-state index contributed by atoms with van der Waals surface area (Å²) in [6.07, 6.45) is 0. The molecular formula is C19H17N3O6S. The van der Waals surface area contributed by atoms with Gasteiger partial charge in [-0.3, -0.25) is 14.9 Å². The summed E-state index contributed by atoms with van der Waals surface area (Å²) in [6, 6.07) is 11.2. The first-order valence-electron chi connectivity index (χ1n) is 8.47. The number of ether oxygens (including phenoxy) is 2. The van der Waals surface area contributed by atoms with Gasteiger partial charge in [0.05, 0.1) is 28.8 Å². The van der Waals surface area contributed by atoms with Crippen LogP contribution in [0.4, 0.5) is 5.69 Å². The predicted molar refractivity (Wildman–Crippen MR) is 106 cm³/mol. The van der Waals surface area contributed by atoms with Gasteiger partial charge in [0.25, 0.3) is 11.6 Å². The number of esters is 1. The molecule has 3 aromatic rings. The number of carbonyl (C=O) groups excluding carboxylic acids is 2. The highest BCUT2D eigenvalue weighted by Gasteiger charge is 2.21. The Bertz CT molecular complexity index is 1050. The number of nitro benzene ring substituents is 1. The minimum Gasteiger partial charge on any atom is -0.496 e. The molecule has 150 valence electrons. The smallest absolute Gasteiger partial charge is 0.342 e. The second-order valence-corrected chi connectivity index (χ2v) is 7.16. The number of nitrogens with zero attached hydrogens (tertiary/aromatic N) is 3. The second kappa shape index (κ2) is 8.65. The van der Waals surface area contributed by atoms with Gasteiger partial charge in [0.2, 0.25) is 0 Å². The molecule has 0 unspecified atom stereocenters. The number of nitro groups is 1. The summed E-state index contributed by atoms with van der Waals surface area (Å²) in [7, 11) is 2.91. The normalized spacial score (nSPS) is 10.6. The third-order valence-electron chi connectivity index (χ3n) is 4.08. The number of amides is 1. The van der Waals surface area contributed by atoms with Crippen LogP contribution in [0.25, 0.3) is 10.2 Å². The first-order chi connectivity index (χ1) is 13.9. The molecule has 0 aliphatic heterocycles. The van der Waals surface area contributed by atoms with Gasteiger partial charge in [0.15, 0.2) is 6.61 Å². The van der Waals surface area contributed by atoms with Crippen molar-refractivity contribution in [1.29, 1.82) is 0 Å². The van der Waals surface area contributed by atoms with Crippen LogP contribution in [-0.4, -0.2) is 47.4 Å². The van der Waals surface area contributed by atoms with Crippen LogP contribution in [0.15, 0.2) is 42.5 Å². The Morgan fingerprint density at radius 2 is 2.00 bits per heavy atom. The van der Waals surface area contributed by atoms with Gasteiger partial charge in [0, 0.05) is 19.2 Å². The molecule has 1 aromatic heterocycles. The van der Waals surface area contributed by atoms with Crippen LogP contribution in [0.1, 0.15) is 15.4 Å². The average Bonchev–Trinajstić information content (AvgIpc) is 3.13. The number of hydrogen-bond acceptors (Lipinski definition) is 8. The molecule has 2 aromatic carbocycles. The van der Waals surface area contributed by atoms with Gasteiger partial charge in [-0.15, -0.1) is 11.3 Å². The minimum atomic E-state index is -0.882. The van der Waals surface area contributed by atoms with E-state index in [-0.39, 0.29) is 23.5 Å². The van der Waals surface area contributed by atoms with Crippen molar-refractivity contribution >= 4 is 39.1 Å². The number of rotatable bonds is 7. The van der Waals surface area contributed by atoms with Gasteiger partial charge in [-0.2, -0.15) is 0 Å². The number of carbonyl (C=O) groups is 2. The third kappa shape index (κ3) is 4.66. The lowest BCUT2D eigenvalue weighted by Crippen LogP contribution is -2.30. The lowest BCUT2D eigenvalue weighted by Gasteiger charge is -2.16. The fraction of sp³-hybridized carbons (Fsp3) is 0.211. The van der Waals surface area contributed by atoms with E-state index in [0.29, 0.717) is 0 Å². The predicted octanol–water partition coefficient (Wildman–Crippen LogP) is 3.03. The summed E-state index contributed by atoms with van der Waals surface area (Å²) in [5, 5.41) is 11.7. The van der Waals surface area contributed by atoms with E-state index < -0.39 is 23.4 Å². The highest BCUT2D eigenvalue weighted by atomic mass is 32.1. The van der Waals surface area contributed by atoms with Crippen LogP contribution < -0.4 is 4.74 Å². The van der Waals surface area contributed by atoms with Gasteiger partial charge in [-0.1, -0.05) is 12.1 Å². The summed E-state index contributed by atoms with van der Waals surface area (Å²) in [6.45, 7) is -0.234. The number of aromatic nitrogens is 1. The summed E-state index contributed by atoms with van der Waals surface area (Å²) >= 11 is 1.48. The summed E-state index contributed by atoms with van der Waals surface area (Å²) in [5.74, 6) is -1.19. The van der Waals surface area contributed by atoms with E-state index in [0.717, 1.165) is 21.3 Å². The first kappa shape index (κ1) is 20.2. The van der Waals surface area contributed by atoms with E-state index in [2.05, 4.69) is 4.98 Å². The zero-order valence-corrected chi connectivity index (χ0v) is 16.5. The van der Waals surface area contributed by atoms with Crippen molar-refractivity contribution in [3.8, 4) is 5.75 Å². The van der Waals surface area contributed by atoms with Gasteiger partial charge in [-0.05, 0) is 18.2 Å². The molecule has 1 heterocycles. The topological polar surface area (TPSA) is 112 Å². The minimum absolute atomic E-state index is 0.121. The first-order valence-corrected chi connectivity index (χ1v) is 9.28. The molecule has 29 heavy (non-hydrogen) atoms. The zero-order chi connectivity index (χ0) is 21.0. The molecule has 0 saturated heterocycles. The molecule has 0 saturated carbocycles. The van der Waals surface area contributed by atoms with Gasteiger partial charge < -0.3 is 14.4 Å². The van der Waals surface area contributed by atoms with E-state index in [1.807, 2.05) is 24.3 Å². The van der Waals surface area contributed by atoms with Crippen LogP contribution in [-0.2, 0) is 16.1 Å². The van der Waals surface area contributed by atoms with Crippen molar-refractivity contribution in [2.24, 2.45) is 0 Å². The Balaban J connectivity index is 1.63. The lowest BCUT2D eigenvalue weighted by molar-refractivity contribution is -0.384. The molecule has 0 aliphatic carbocycles. The molecule has 0 radical (unpaired) electrons. The molecule has 10 heteroatoms. The molecule has 0 aliphatic rings. The Kier molecular flexibility index (Phi) is 6.03. The number of non-ortho nitro benzene ring substituents is 1. The number of hydrogen-bond donors (Lipinski definition) is 0. The van der Waals surface area contributed by atoms with Crippen molar-refractivity contribution in [2.45, 2.75) is 6.54 Å². The molecule has 0 fully saturated rings. The Labute approximate surface area is 169 Å². The monoisotopic (exact) mass is 415 g/mol. The average molecular weight is 415 g/mol. The maximum absolute atomic E-state index is 12.3. The second-order valence-electron chi connectivity index (χ2n) is 6.04.